The Morgan fingerprint density at radius 2 is 1.14 bits per heavy atom. The van der Waals surface area contributed by atoms with Crippen molar-refractivity contribution in [1.29, 1.82) is 0 Å². The van der Waals surface area contributed by atoms with Gasteiger partial charge in [-0.2, -0.15) is 0 Å². The van der Waals surface area contributed by atoms with Crippen molar-refractivity contribution in [1.82, 2.24) is 0 Å². The average Bonchev–Trinajstić information content (AvgIpc) is 2.75. The largest absolute Gasteiger partial charge is 0.265 e. The Bertz CT molecular complexity index is 1550. The van der Waals surface area contributed by atoms with Crippen LogP contribution in [0.25, 0.3) is 0 Å². The molecule has 1 aliphatic rings. The molecule has 3 aromatic carbocycles. The van der Waals surface area contributed by atoms with Gasteiger partial charge in [-0.3, -0.25) is 8.61 Å². The van der Waals surface area contributed by atoms with Crippen LogP contribution in [0.2, 0.25) is 0 Å². The molecule has 8 heteroatoms. The number of benzene rings is 3. The molecule has 36 heavy (non-hydrogen) atoms. The molecule has 1 atom stereocenters. The van der Waals surface area contributed by atoms with Crippen molar-refractivity contribution in [3.8, 4) is 0 Å². The van der Waals surface area contributed by atoms with Gasteiger partial charge in [0.05, 0.1) is 33.8 Å². The average molecular weight is 525 g/mol. The van der Waals surface area contributed by atoms with Crippen molar-refractivity contribution >= 4 is 31.4 Å². The van der Waals surface area contributed by atoms with Gasteiger partial charge in [0.15, 0.2) is 0 Å². The molecule has 4 rings (SSSR count). The van der Waals surface area contributed by atoms with Crippen molar-refractivity contribution in [2.75, 3.05) is 15.2 Å². The standard InChI is InChI=1S/C28H32N2O4S2/c1-8-24-17-29(35(31,32)27-20(4)13-18(2)14-21(27)5)25-11-9-10-12-26(25)30(24)36(33,34)28-22(6)15-19(3)16-23(28)7/h8-16,24H,1,17H2,2-7H3/t24-/m1/s1. The third-order valence-corrected chi connectivity index (χ3v) is 10.8. The quantitative estimate of drug-likeness (QED) is 0.413. The van der Waals surface area contributed by atoms with Crippen LogP contribution in [0, 0.1) is 41.5 Å². The van der Waals surface area contributed by atoms with Crippen molar-refractivity contribution in [2.24, 2.45) is 0 Å². The van der Waals surface area contributed by atoms with Crippen LogP contribution in [0.15, 0.2) is 71.0 Å². The van der Waals surface area contributed by atoms with Gasteiger partial charge in [0.2, 0.25) is 0 Å². The highest BCUT2D eigenvalue weighted by molar-refractivity contribution is 7.93. The fourth-order valence-corrected chi connectivity index (χ4v) is 9.41. The molecular weight excluding hydrogens is 492 g/mol. The van der Waals surface area contributed by atoms with E-state index in [0.29, 0.717) is 33.6 Å². The number of rotatable bonds is 5. The number of sulfonamides is 2. The Balaban J connectivity index is 1.95. The first-order chi connectivity index (χ1) is 16.8. The molecule has 6 nitrogen and oxygen atoms in total. The number of hydrogen-bond acceptors (Lipinski definition) is 4. The number of para-hydroxylation sites is 2. The molecule has 0 saturated carbocycles. The number of anilines is 2. The third-order valence-electron chi connectivity index (χ3n) is 6.59. The molecule has 1 aliphatic heterocycles. The van der Waals surface area contributed by atoms with Crippen molar-refractivity contribution in [3.63, 3.8) is 0 Å². The molecule has 190 valence electrons. The van der Waals surface area contributed by atoms with E-state index in [-0.39, 0.29) is 16.3 Å². The Morgan fingerprint density at radius 3 is 1.58 bits per heavy atom. The summed E-state index contributed by atoms with van der Waals surface area (Å²) in [6, 6.07) is 13.3. The van der Waals surface area contributed by atoms with E-state index in [1.807, 2.05) is 38.1 Å². The predicted molar refractivity (Wildman–Crippen MR) is 146 cm³/mol. The molecular formula is C28H32N2O4S2. The minimum absolute atomic E-state index is 0.0845. The molecule has 1 heterocycles. The summed E-state index contributed by atoms with van der Waals surface area (Å²) in [5.74, 6) is 0. The summed E-state index contributed by atoms with van der Waals surface area (Å²) in [6.07, 6.45) is 1.50. The molecule has 0 amide bonds. The summed E-state index contributed by atoms with van der Waals surface area (Å²) in [6.45, 7) is 14.8. The van der Waals surface area contributed by atoms with Gasteiger partial charge in [-0.15, -0.1) is 6.58 Å². The van der Waals surface area contributed by atoms with Gasteiger partial charge >= 0.3 is 0 Å². The zero-order chi connectivity index (χ0) is 26.6. The van der Waals surface area contributed by atoms with E-state index in [0.717, 1.165) is 11.1 Å². The maximum atomic E-state index is 14.2. The second kappa shape index (κ2) is 9.09. The van der Waals surface area contributed by atoms with Gasteiger partial charge in [0.25, 0.3) is 20.0 Å². The van der Waals surface area contributed by atoms with Crippen LogP contribution >= 0.6 is 0 Å². The third kappa shape index (κ3) is 4.12. The van der Waals surface area contributed by atoms with Crippen LogP contribution in [0.5, 0.6) is 0 Å². The first-order valence-corrected chi connectivity index (χ1v) is 14.6. The van der Waals surface area contributed by atoms with Crippen LogP contribution in [0.4, 0.5) is 11.4 Å². The van der Waals surface area contributed by atoms with E-state index < -0.39 is 26.1 Å². The van der Waals surface area contributed by atoms with E-state index in [1.54, 1.807) is 52.0 Å². The Morgan fingerprint density at radius 1 is 0.722 bits per heavy atom. The number of fused-ring (bicyclic) bond motifs is 1. The molecule has 0 bridgehead atoms. The zero-order valence-electron chi connectivity index (χ0n) is 21.5. The minimum Gasteiger partial charge on any atom is -0.262 e. The molecule has 0 radical (unpaired) electrons. The summed E-state index contributed by atoms with van der Waals surface area (Å²) in [5.41, 5.74) is 5.18. The minimum atomic E-state index is -4.03. The van der Waals surface area contributed by atoms with Gasteiger partial charge in [-0.25, -0.2) is 16.8 Å². The van der Waals surface area contributed by atoms with E-state index in [4.69, 9.17) is 0 Å². The number of aryl methyl sites for hydroxylation is 6. The molecule has 3 aromatic rings. The summed E-state index contributed by atoms with van der Waals surface area (Å²) < 4.78 is 59.1. The van der Waals surface area contributed by atoms with Gasteiger partial charge < -0.3 is 0 Å². The predicted octanol–water partition coefficient (Wildman–Crippen LogP) is 5.50. The van der Waals surface area contributed by atoms with Gasteiger partial charge in [0.1, 0.15) is 0 Å². The van der Waals surface area contributed by atoms with E-state index in [1.165, 1.54) is 14.7 Å². The van der Waals surface area contributed by atoms with Crippen LogP contribution in [-0.2, 0) is 20.0 Å². The summed E-state index contributed by atoms with van der Waals surface area (Å²) in [4.78, 5) is 0.475. The van der Waals surface area contributed by atoms with Crippen molar-refractivity contribution < 1.29 is 16.8 Å². The molecule has 0 unspecified atom stereocenters. The second-order valence-corrected chi connectivity index (χ2v) is 13.1. The summed E-state index contributed by atoms with van der Waals surface area (Å²) >= 11 is 0. The van der Waals surface area contributed by atoms with Gasteiger partial charge in [0, 0.05) is 0 Å². The Hall–Kier alpha value is -3.10. The van der Waals surface area contributed by atoms with Crippen LogP contribution < -0.4 is 8.61 Å². The molecule has 0 N–H and O–H groups in total. The highest BCUT2D eigenvalue weighted by Gasteiger charge is 2.43. The number of nitrogens with zero attached hydrogens (tertiary/aromatic N) is 2. The fourth-order valence-electron chi connectivity index (χ4n) is 5.44. The first kappa shape index (κ1) is 26.0. The smallest absolute Gasteiger partial charge is 0.262 e. The second-order valence-electron chi connectivity index (χ2n) is 9.58. The lowest BCUT2D eigenvalue weighted by Crippen LogP contribution is -2.52. The Labute approximate surface area is 215 Å². The maximum Gasteiger partial charge on any atom is 0.265 e. The fraction of sp³-hybridized carbons (Fsp3) is 0.286. The highest BCUT2D eigenvalue weighted by Crippen LogP contribution is 2.43. The molecule has 0 aliphatic carbocycles. The number of hydrogen-bond donors (Lipinski definition) is 0. The van der Waals surface area contributed by atoms with Crippen LogP contribution in [0.3, 0.4) is 0 Å². The molecule has 0 fully saturated rings. The van der Waals surface area contributed by atoms with Crippen molar-refractivity contribution in [2.45, 2.75) is 57.4 Å². The van der Waals surface area contributed by atoms with Gasteiger partial charge in [-0.05, 0) is 75.9 Å². The summed E-state index contributed by atoms with van der Waals surface area (Å²) in [5, 5.41) is 0. The monoisotopic (exact) mass is 524 g/mol. The van der Waals surface area contributed by atoms with Gasteiger partial charge in [-0.1, -0.05) is 53.6 Å². The van der Waals surface area contributed by atoms with Crippen LogP contribution in [0.1, 0.15) is 33.4 Å². The first-order valence-electron chi connectivity index (χ1n) is 11.7. The highest BCUT2D eigenvalue weighted by atomic mass is 32.2. The van der Waals surface area contributed by atoms with Crippen molar-refractivity contribution in [3.05, 3.63) is 94.6 Å². The Kier molecular flexibility index (Phi) is 6.56. The molecule has 0 aromatic heterocycles. The topological polar surface area (TPSA) is 74.8 Å². The molecule has 0 spiro atoms. The van der Waals surface area contributed by atoms with E-state index in [2.05, 4.69) is 6.58 Å². The van der Waals surface area contributed by atoms with E-state index >= 15 is 0 Å². The zero-order valence-corrected chi connectivity index (χ0v) is 23.2. The maximum absolute atomic E-state index is 14.2. The van der Waals surface area contributed by atoms with E-state index in [9.17, 15) is 16.8 Å². The molecule has 0 saturated heterocycles. The lowest BCUT2D eigenvalue weighted by Gasteiger charge is -2.42. The SMILES string of the molecule is C=C[C@@H]1CN(S(=O)(=O)c2c(C)cc(C)cc2C)c2ccccc2N1S(=O)(=O)c1c(C)cc(C)cc1C. The normalized spacial score (nSPS) is 16.1. The lowest BCUT2D eigenvalue weighted by molar-refractivity contribution is 0.572. The lowest BCUT2D eigenvalue weighted by atomic mass is 10.1. The summed E-state index contributed by atoms with van der Waals surface area (Å²) in [7, 11) is -8.02. The van der Waals surface area contributed by atoms with Crippen LogP contribution in [-0.4, -0.2) is 29.4 Å².